The summed E-state index contributed by atoms with van der Waals surface area (Å²) in [6.07, 6.45) is 17.2. The third kappa shape index (κ3) is 8.02. The summed E-state index contributed by atoms with van der Waals surface area (Å²) in [5.41, 5.74) is 3.85. The smallest absolute Gasteiger partial charge is 0.166 e. The molecule has 0 amide bonds. The summed E-state index contributed by atoms with van der Waals surface area (Å²) in [5.74, 6) is -0.550. The van der Waals surface area contributed by atoms with Gasteiger partial charge in [-0.15, -0.1) is 0 Å². The minimum atomic E-state index is -0.789. The molecule has 1 aliphatic rings. The van der Waals surface area contributed by atoms with Crippen LogP contribution < -0.4 is 0 Å². The Morgan fingerprint density at radius 3 is 1.90 bits per heavy atom. The van der Waals surface area contributed by atoms with Crippen molar-refractivity contribution < 1.29 is 13.2 Å². The predicted molar refractivity (Wildman–Crippen MR) is 163 cm³/mol. The van der Waals surface area contributed by atoms with Gasteiger partial charge in [-0.05, 0) is 84.2 Å². The van der Waals surface area contributed by atoms with E-state index < -0.39 is 11.6 Å². The molecule has 1 fully saturated rings. The highest BCUT2D eigenvalue weighted by Gasteiger charge is 2.24. The maximum atomic E-state index is 15.3. The van der Waals surface area contributed by atoms with Gasteiger partial charge in [-0.3, -0.25) is 0 Å². The Morgan fingerprint density at radius 2 is 1.23 bits per heavy atom. The van der Waals surface area contributed by atoms with Crippen molar-refractivity contribution in [2.45, 2.75) is 116 Å². The predicted octanol–water partition coefficient (Wildman–Crippen LogP) is 12.2. The molecule has 4 rings (SSSR count). The van der Waals surface area contributed by atoms with E-state index in [0.29, 0.717) is 23.5 Å². The van der Waals surface area contributed by atoms with Gasteiger partial charge in [-0.1, -0.05) is 120 Å². The minimum Gasteiger partial charge on any atom is -0.207 e. The van der Waals surface area contributed by atoms with E-state index in [2.05, 4.69) is 13.8 Å². The molecule has 3 heteroatoms. The highest BCUT2D eigenvalue weighted by molar-refractivity contribution is 5.71. The van der Waals surface area contributed by atoms with Crippen molar-refractivity contribution in [3.05, 3.63) is 83.2 Å². The molecule has 1 aliphatic carbocycles. The Balaban J connectivity index is 1.35. The maximum Gasteiger partial charge on any atom is 0.166 e. The zero-order valence-corrected chi connectivity index (χ0v) is 24.6. The van der Waals surface area contributed by atoms with Crippen LogP contribution in [0.4, 0.5) is 13.2 Å². The van der Waals surface area contributed by atoms with E-state index in [9.17, 15) is 8.78 Å². The molecule has 0 aliphatic heterocycles. The standard InChI is InChI=1S/C37H47F3/c1-3-5-7-9-10-12-27-14-16-29(17-15-27)33-24-23-32(26-35(33)38)28-18-20-30(21-19-28)34-25-22-31(36(39)37(34)40)13-11-8-6-4-2/h18-27,29H,3-17H2,1-2H3. The second kappa shape index (κ2) is 15.5. The average molecular weight is 549 g/mol. The number of unbranched alkanes of at least 4 members (excludes halogenated alkanes) is 7. The monoisotopic (exact) mass is 548 g/mol. The van der Waals surface area contributed by atoms with Crippen LogP contribution in [0.25, 0.3) is 22.3 Å². The lowest BCUT2D eigenvalue weighted by Crippen LogP contribution is -2.14. The van der Waals surface area contributed by atoms with Gasteiger partial charge in [0.2, 0.25) is 0 Å². The Kier molecular flexibility index (Phi) is 11.7. The summed E-state index contributed by atoms with van der Waals surface area (Å²) in [5, 5.41) is 0. The Morgan fingerprint density at radius 1 is 0.600 bits per heavy atom. The topological polar surface area (TPSA) is 0 Å². The zero-order chi connectivity index (χ0) is 28.3. The van der Waals surface area contributed by atoms with E-state index in [4.69, 9.17) is 0 Å². The molecule has 0 heterocycles. The van der Waals surface area contributed by atoms with E-state index >= 15 is 4.39 Å². The molecule has 3 aromatic rings. The lowest BCUT2D eigenvalue weighted by Gasteiger charge is -2.29. The fourth-order valence-corrected chi connectivity index (χ4v) is 6.43. The first kappa shape index (κ1) is 30.4. The van der Waals surface area contributed by atoms with Crippen LogP contribution >= 0.6 is 0 Å². The van der Waals surface area contributed by atoms with Crippen molar-refractivity contribution in [1.29, 1.82) is 0 Å². The Hall–Kier alpha value is -2.55. The first-order valence-corrected chi connectivity index (χ1v) is 15.9. The maximum absolute atomic E-state index is 15.3. The van der Waals surface area contributed by atoms with E-state index in [1.807, 2.05) is 24.3 Å². The summed E-state index contributed by atoms with van der Waals surface area (Å²) >= 11 is 0. The molecule has 216 valence electrons. The fraction of sp³-hybridized carbons (Fsp3) is 0.514. The highest BCUT2D eigenvalue weighted by atomic mass is 19.2. The van der Waals surface area contributed by atoms with Crippen LogP contribution in [-0.4, -0.2) is 0 Å². The van der Waals surface area contributed by atoms with Crippen LogP contribution in [0.3, 0.4) is 0 Å². The third-order valence-corrected chi connectivity index (χ3v) is 8.99. The fourth-order valence-electron chi connectivity index (χ4n) is 6.43. The van der Waals surface area contributed by atoms with E-state index in [1.54, 1.807) is 30.3 Å². The number of benzene rings is 3. The number of halogens is 3. The SMILES string of the molecule is CCCCCCCC1CCC(c2ccc(-c3ccc(-c4ccc(CCCCCC)c(F)c4F)cc3)cc2F)CC1. The van der Waals surface area contributed by atoms with Crippen molar-refractivity contribution in [2.75, 3.05) is 0 Å². The number of hydrogen-bond donors (Lipinski definition) is 0. The van der Waals surface area contributed by atoms with Crippen molar-refractivity contribution >= 4 is 0 Å². The largest absolute Gasteiger partial charge is 0.207 e. The van der Waals surface area contributed by atoms with E-state index in [-0.39, 0.29) is 11.4 Å². The molecule has 0 atom stereocenters. The first-order chi connectivity index (χ1) is 19.5. The van der Waals surface area contributed by atoms with Gasteiger partial charge < -0.3 is 0 Å². The molecule has 3 aromatic carbocycles. The molecule has 0 spiro atoms. The normalized spacial score (nSPS) is 17.3. The number of hydrogen-bond acceptors (Lipinski definition) is 0. The summed E-state index contributed by atoms with van der Waals surface area (Å²) in [7, 11) is 0. The summed E-state index contributed by atoms with van der Waals surface area (Å²) in [4.78, 5) is 0. The molecular formula is C37H47F3. The molecule has 0 unspecified atom stereocenters. The van der Waals surface area contributed by atoms with Gasteiger partial charge in [-0.2, -0.15) is 0 Å². The lowest BCUT2D eigenvalue weighted by molar-refractivity contribution is 0.298. The van der Waals surface area contributed by atoms with Crippen LogP contribution in [0.5, 0.6) is 0 Å². The van der Waals surface area contributed by atoms with Crippen molar-refractivity contribution in [1.82, 2.24) is 0 Å². The van der Waals surface area contributed by atoms with Crippen LogP contribution in [0.2, 0.25) is 0 Å². The summed E-state index contributed by atoms with van der Waals surface area (Å²) < 4.78 is 44.9. The van der Waals surface area contributed by atoms with Gasteiger partial charge in [0.25, 0.3) is 0 Å². The molecule has 0 aromatic heterocycles. The molecule has 40 heavy (non-hydrogen) atoms. The van der Waals surface area contributed by atoms with E-state index in [1.165, 1.54) is 51.4 Å². The first-order valence-electron chi connectivity index (χ1n) is 15.9. The van der Waals surface area contributed by atoms with Crippen molar-refractivity contribution in [3.8, 4) is 22.3 Å². The third-order valence-electron chi connectivity index (χ3n) is 8.99. The average Bonchev–Trinajstić information content (AvgIpc) is 2.98. The molecule has 0 bridgehead atoms. The number of rotatable bonds is 14. The van der Waals surface area contributed by atoms with Gasteiger partial charge in [0.15, 0.2) is 11.6 Å². The Labute approximate surface area is 240 Å². The Bertz CT molecular complexity index is 1190. The quantitative estimate of drug-likeness (QED) is 0.176. The van der Waals surface area contributed by atoms with Gasteiger partial charge in [0, 0.05) is 5.56 Å². The van der Waals surface area contributed by atoms with Crippen LogP contribution in [0, 0.1) is 23.4 Å². The van der Waals surface area contributed by atoms with Gasteiger partial charge >= 0.3 is 0 Å². The highest BCUT2D eigenvalue weighted by Crippen LogP contribution is 2.39. The lowest BCUT2D eigenvalue weighted by atomic mass is 9.76. The zero-order valence-electron chi connectivity index (χ0n) is 24.6. The molecule has 0 N–H and O–H groups in total. The number of aryl methyl sites for hydroxylation is 1. The van der Waals surface area contributed by atoms with Gasteiger partial charge in [0.05, 0.1) is 0 Å². The molecule has 0 saturated heterocycles. The van der Waals surface area contributed by atoms with Crippen molar-refractivity contribution in [2.24, 2.45) is 5.92 Å². The molecule has 1 saturated carbocycles. The summed E-state index contributed by atoms with van der Waals surface area (Å²) in [6.45, 7) is 4.39. The molecule has 0 radical (unpaired) electrons. The second-order valence-electron chi connectivity index (χ2n) is 11.9. The van der Waals surface area contributed by atoms with Gasteiger partial charge in [0.1, 0.15) is 5.82 Å². The second-order valence-corrected chi connectivity index (χ2v) is 11.9. The minimum absolute atomic E-state index is 0.132. The van der Waals surface area contributed by atoms with Gasteiger partial charge in [-0.25, -0.2) is 13.2 Å². The molecular weight excluding hydrogens is 501 g/mol. The van der Waals surface area contributed by atoms with Crippen LogP contribution in [0.1, 0.15) is 121 Å². The van der Waals surface area contributed by atoms with Crippen molar-refractivity contribution in [3.63, 3.8) is 0 Å². The van der Waals surface area contributed by atoms with Crippen LogP contribution in [-0.2, 0) is 6.42 Å². The van der Waals surface area contributed by atoms with E-state index in [0.717, 1.165) is 61.1 Å². The molecule has 0 nitrogen and oxygen atoms in total. The summed E-state index contributed by atoms with van der Waals surface area (Å²) in [6, 6.07) is 16.3. The van der Waals surface area contributed by atoms with Crippen LogP contribution in [0.15, 0.2) is 54.6 Å².